The summed E-state index contributed by atoms with van der Waals surface area (Å²) in [5, 5.41) is 319. The van der Waals surface area contributed by atoms with E-state index in [2.05, 4.69) is 16.0 Å². The van der Waals surface area contributed by atoms with Crippen LogP contribution in [0.2, 0.25) is 0 Å². The molecule has 0 aromatic carbocycles. The maximum absolute atomic E-state index is 12.2. The first-order chi connectivity index (χ1) is 60.7. The molecule has 10 fully saturated rings. The number of carbonyl (C=O) groups excluding carboxylic acids is 4. The molecule has 0 aromatic heterocycles. The van der Waals surface area contributed by atoms with Crippen molar-refractivity contribution in [2.24, 2.45) is 5.92 Å². The van der Waals surface area contributed by atoms with Crippen LogP contribution in [0.5, 0.6) is 0 Å². The lowest BCUT2D eigenvalue weighted by Gasteiger charge is -2.49. The summed E-state index contributed by atoms with van der Waals surface area (Å²) in [5.41, 5.74) is 0. The molecule has 0 aromatic rings. The summed E-state index contributed by atoms with van der Waals surface area (Å²) in [5.74, 6) is -5.19. The molecule has 21 unspecified atom stereocenters. The van der Waals surface area contributed by atoms with Crippen LogP contribution in [0.1, 0.15) is 61.8 Å². The highest BCUT2D eigenvalue weighted by molar-refractivity contribution is 5.74. The molecule has 3 amide bonds. The average Bonchev–Trinajstić information content (AvgIpc) is 0.791. The molecule has 0 bridgehead atoms. The van der Waals surface area contributed by atoms with E-state index in [4.69, 9.17) is 85.6 Å². The molecule has 754 valence electrons. The molecule has 10 aliphatic rings. The van der Waals surface area contributed by atoms with Crippen LogP contribution in [0.15, 0.2) is 0 Å². The van der Waals surface area contributed by atoms with Gasteiger partial charge in [-0.15, -0.1) is 0 Å². The number of ether oxygens (including phenoxy) is 17. The number of hydrogen-bond acceptors (Lipinski definition) is 52. The third kappa shape index (κ3) is 26.9. The molecule has 0 radical (unpaired) electrons. The Bertz CT molecular complexity index is 3330. The standard InChI is InChI=1S/C31H53NO22.C21H37NO15.C15H27NO10.C7H14O5/c1-10-13(38)4-31(48-9-36,54-26(10)19(40)14(39)5-33)47-8-17-21(42)23(44)25(46)30(51-17)53-28-16(7-35)50-29(18(22(28)43)32-12(3)37)52-27-11(2)49-15(6-34)20(41)24(27)45;1-6-18(16(31)13(28)8(3-23)33-6)36-20-11(22-7(2)26)14(29)19(10(5-25)35-20)37-21-17(32)15(30)12(27)9(4-24)34-21;1-5-14(13(23)11(21)7(3-17)24-5)26-15-9(16-6(2)19)12(22)10(20)8(4-18)25-15;1-3-5(9)7(11)6(10)4(2-8)12-3/h9-11,13-30,33-35,38-46H,4-8H2,1-3H3,(H,32,37);6,8-21,23-25,27-32H,3-5H2,1-2H3,(H,22,26);5,7-15,17-18,20-23H,3-4H2,1-2H3,(H,16,19);3-11H,2H2,1H3/t10-,11-,13-,14?,15?,16+,17?,18?,19?,20-,21+,22?,23+,24+,25?,26?,27?,28-,29+,30+,31+;6-,8?,9?,10+,11?,12+,13-,14?,15+,16+,17?,18?,19-,20+,21+;5-,7?,8+,9?,10-,11-,12?,13+,14?,15+;3-,4?,5?,6-,7-/m1111/s1. The van der Waals surface area contributed by atoms with E-state index in [1.54, 1.807) is 13.8 Å². The van der Waals surface area contributed by atoms with E-state index in [-0.39, 0.29) is 13.1 Å². The smallest absolute Gasteiger partial charge is 0.332 e. The zero-order valence-electron chi connectivity index (χ0n) is 71.2. The van der Waals surface area contributed by atoms with Gasteiger partial charge in [0.15, 0.2) is 31.5 Å². The highest BCUT2D eigenvalue weighted by Gasteiger charge is 2.60. The zero-order chi connectivity index (χ0) is 96.7. The Kier molecular flexibility index (Phi) is 43.7. The first-order valence-electron chi connectivity index (χ1n) is 41.5. The Hall–Kier alpha value is -4.00. The van der Waals surface area contributed by atoms with Gasteiger partial charge in [-0.25, -0.2) is 0 Å². The topological polar surface area (TPSA) is 888 Å². The van der Waals surface area contributed by atoms with Crippen LogP contribution in [0.25, 0.3) is 0 Å². The van der Waals surface area contributed by atoms with Gasteiger partial charge in [-0.1, -0.05) is 6.92 Å². The van der Waals surface area contributed by atoms with Gasteiger partial charge in [0.05, 0.1) is 109 Å². The quantitative estimate of drug-likeness (QED) is 0.0244. The molecule has 0 aliphatic carbocycles. The first kappa shape index (κ1) is 112. The van der Waals surface area contributed by atoms with E-state index in [0.29, 0.717) is 0 Å². The Morgan fingerprint density at radius 1 is 0.341 bits per heavy atom. The van der Waals surface area contributed by atoms with E-state index in [0.717, 1.165) is 13.8 Å². The largest absolute Gasteiger partial charge is 0.410 e. The van der Waals surface area contributed by atoms with Gasteiger partial charge in [0.1, 0.15) is 232 Å². The molecule has 0 saturated carbocycles. The highest BCUT2D eigenvalue weighted by atomic mass is 16.9. The summed E-state index contributed by atoms with van der Waals surface area (Å²) in [6.45, 7) is 4.13. The van der Waals surface area contributed by atoms with Crippen molar-refractivity contribution in [2.45, 2.75) is 368 Å². The van der Waals surface area contributed by atoms with Gasteiger partial charge < -0.3 is 255 Å². The number of hydrogen-bond donors (Lipinski definition) is 34. The second kappa shape index (κ2) is 50.4. The van der Waals surface area contributed by atoms with Crippen LogP contribution in [0.4, 0.5) is 0 Å². The SMILES string of the molecule is CC(=O)NC1C(O)[C@H](O)[C@H](CO)O[C@H]1OC1[C@@H](O)[C@H](O)C(CO)O[C@@H]1C.CC(=O)NC1C(O)[C@H](O[C@@H]2OC(CO)[C@H](O)[C@H](O)C2O)[C@H](CO)O[C@H]1OC1[C@@H](O)[C@H](O)C(CO)O[C@@H]1C.CC(=O)NC1C(O)[C@H](O[C@@H]2OC(CO[C@]3(OC=O)C[C@@H](O)[C@@H](C)C(C(O)C(O)CO)O3)[C@H](O)[C@H](O)C2O)[C@H](CO)O[C@H]1OC1[C@@H](O)[C@H](O)C(CO)O[C@@H]1C.C[C@H]1OC(CO)[C@@H](O)[C@H](O)C1O. The number of carbonyl (C=O) groups is 4. The second-order valence-corrected chi connectivity index (χ2v) is 32.9. The monoisotopic (exact) mass is 1890 g/mol. The van der Waals surface area contributed by atoms with Crippen molar-refractivity contribution in [2.75, 3.05) is 66.1 Å². The normalized spacial score (nSPS) is 47.7. The van der Waals surface area contributed by atoms with Crippen LogP contribution in [-0.2, 0) is 99.7 Å². The second-order valence-electron chi connectivity index (χ2n) is 32.9. The Labute approximate surface area is 735 Å². The van der Waals surface area contributed by atoms with Crippen molar-refractivity contribution < 1.29 is 258 Å². The van der Waals surface area contributed by atoms with Gasteiger partial charge in [0, 0.05) is 26.7 Å². The molecule has 10 aliphatic heterocycles. The van der Waals surface area contributed by atoms with Crippen LogP contribution in [0.3, 0.4) is 0 Å². The number of aliphatic hydroxyl groups excluding tert-OH is 31. The van der Waals surface area contributed by atoms with Crippen molar-refractivity contribution in [3.63, 3.8) is 0 Å². The zero-order valence-corrected chi connectivity index (χ0v) is 71.2. The Morgan fingerprint density at radius 2 is 0.620 bits per heavy atom. The fourth-order valence-electron chi connectivity index (χ4n) is 16.1. The van der Waals surface area contributed by atoms with Gasteiger partial charge in [0.2, 0.25) is 17.7 Å². The molecule has 129 heavy (non-hydrogen) atoms. The minimum absolute atomic E-state index is 0.101. The number of rotatable bonds is 29. The third-order valence-corrected chi connectivity index (χ3v) is 23.6. The maximum Gasteiger partial charge on any atom is 0.332 e. The van der Waals surface area contributed by atoms with E-state index in [1.807, 2.05) is 0 Å². The predicted octanol–water partition coefficient (Wildman–Crippen LogP) is -20.7. The number of nitrogens with one attached hydrogen (secondary N) is 3. The molecular weight excluding hydrogens is 1760 g/mol. The summed E-state index contributed by atoms with van der Waals surface area (Å²) in [6.07, 6.45) is -66.4. The lowest BCUT2D eigenvalue weighted by Crippen LogP contribution is -2.69. The third-order valence-electron chi connectivity index (χ3n) is 23.6. The number of aliphatic hydroxyl groups is 31. The summed E-state index contributed by atoms with van der Waals surface area (Å²) < 4.78 is 94.4. The molecule has 10 saturated heterocycles. The van der Waals surface area contributed by atoms with Gasteiger partial charge in [-0.05, 0) is 27.7 Å². The fraction of sp³-hybridized carbons (Fsp3) is 0.946. The van der Waals surface area contributed by atoms with Crippen molar-refractivity contribution in [3.8, 4) is 0 Å². The van der Waals surface area contributed by atoms with Crippen LogP contribution in [0, 0.1) is 5.92 Å². The summed E-state index contributed by atoms with van der Waals surface area (Å²) in [4.78, 5) is 47.0. The Morgan fingerprint density at radius 3 is 0.953 bits per heavy atom. The van der Waals surface area contributed by atoms with E-state index in [1.165, 1.54) is 27.7 Å². The molecule has 34 N–H and O–H groups in total. The van der Waals surface area contributed by atoms with Gasteiger partial charge in [-0.2, -0.15) is 0 Å². The summed E-state index contributed by atoms with van der Waals surface area (Å²) in [6, 6.07) is -4.07. The van der Waals surface area contributed by atoms with Crippen molar-refractivity contribution in [1.29, 1.82) is 0 Å². The molecule has 10 heterocycles. The minimum atomic E-state index is -2.46. The molecule has 55 heteroatoms. The summed E-state index contributed by atoms with van der Waals surface area (Å²) in [7, 11) is 0. The van der Waals surface area contributed by atoms with Gasteiger partial charge >= 0.3 is 5.97 Å². The number of amides is 3. The van der Waals surface area contributed by atoms with Crippen LogP contribution in [-0.4, -0.2) is 554 Å². The predicted molar refractivity (Wildman–Crippen MR) is 408 cm³/mol. The van der Waals surface area contributed by atoms with E-state index in [9.17, 15) is 172 Å². The fourth-order valence-corrected chi connectivity index (χ4v) is 16.1. The van der Waals surface area contributed by atoms with Crippen molar-refractivity contribution >= 4 is 24.2 Å². The molecular formula is C74H131N3O52. The maximum atomic E-state index is 12.2. The average molecular weight is 1890 g/mol. The van der Waals surface area contributed by atoms with E-state index >= 15 is 0 Å². The first-order valence-corrected chi connectivity index (χ1v) is 41.5. The van der Waals surface area contributed by atoms with Gasteiger partial charge in [0.25, 0.3) is 6.47 Å². The van der Waals surface area contributed by atoms with Crippen molar-refractivity contribution in [3.05, 3.63) is 0 Å². The van der Waals surface area contributed by atoms with E-state index < -0.39 is 395 Å². The molecule has 10 rings (SSSR count). The molecule has 51 atom stereocenters. The summed E-state index contributed by atoms with van der Waals surface area (Å²) >= 11 is 0. The van der Waals surface area contributed by atoms with Gasteiger partial charge in [-0.3, -0.25) is 19.2 Å². The molecule has 0 spiro atoms. The van der Waals surface area contributed by atoms with Crippen molar-refractivity contribution in [1.82, 2.24) is 16.0 Å². The lowest BCUT2D eigenvalue weighted by atomic mass is 9.87. The lowest BCUT2D eigenvalue weighted by molar-refractivity contribution is -0.424. The Balaban J connectivity index is 0.000000261. The van der Waals surface area contributed by atoms with Crippen LogP contribution < -0.4 is 16.0 Å². The molecule has 55 nitrogen and oxygen atoms in total. The minimum Gasteiger partial charge on any atom is -0.410 e. The highest BCUT2D eigenvalue weighted by Crippen LogP contribution is 2.41. The van der Waals surface area contributed by atoms with Crippen LogP contribution >= 0.6 is 0 Å².